The highest BCUT2D eigenvalue weighted by atomic mass is 32.1. The number of carbonyl (C=O) groups excluding carboxylic acids is 3. The van der Waals surface area contributed by atoms with Gasteiger partial charge in [0.2, 0.25) is 0 Å². The predicted octanol–water partition coefficient (Wildman–Crippen LogP) is 3.27. The molecule has 0 saturated carbocycles. The van der Waals surface area contributed by atoms with Crippen LogP contribution < -0.4 is 5.32 Å². The summed E-state index contributed by atoms with van der Waals surface area (Å²) in [4.78, 5) is 39.0. The summed E-state index contributed by atoms with van der Waals surface area (Å²) in [6.45, 7) is 3.26. The Kier molecular flexibility index (Phi) is 5.28. The molecule has 3 heterocycles. The molecule has 2 aliphatic rings. The van der Waals surface area contributed by atoms with Gasteiger partial charge in [0, 0.05) is 30.8 Å². The van der Waals surface area contributed by atoms with Crippen LogP contribution >= 0.6 is 11.3 Å². The van der Waals surface area contributed by atoms with E-state index in [-0.39, 0.29) is 23.7 Å². The van der Waals surface area contributed by atoms with Crippen LogP contribution in [0.2, 0.25) is 0 Å². The third kappa shape index (κ3) is 3.86. The maximum atomic E-state index is 12.8. The molecule has 2 aliphatic heterocycles. The molecule has 1 aromatic carbocycles. The lowest BCUT2D eigenvalue weighted by atomic mass is 9.98. The van der Waals surface area contributed by atoms with Gasteiger partial charge in [-0.15, -0.1) is 11.3 Å². The average Bonchev–Trinajstić information content (AvgIpc) is 3.39. The number of amides is 2. The van der Waals surface area contributed by atoms with E-state index in [1.54, 1.807) is 16.3 Å². The number of thiophene rings is 1. The first-order valence-electron chi connectivity index (χ1n) is 9.44. The first-order chi connectivity index (χ1) is 13.5. The number of carbonyl (C=O) groups is 3. The van der Waals surface area contributed by atoms with E-state index < -0.39 is 0 Å². The zero-order valence-electron chi connectivity index (χ0n) is 15.7. The van der Waals surface area contributed by atoms with E-state index in [1.807, 2.05) is 18.2 Å². The van der Waals surface area contributed by atoms with Crippen molar-refractivity contribution in [1.82, 2.24) is 4.90 Å². The fourth-order valence-corrected chi connectivity index (χ4v) is 4.41. The Balaban J connectivity index is 1.46. The van der Waals surface area contributed by atoms with Crippen LogP contribution in [0.1, 0.15) is 50.9 Å². The van der Waals surface area contributed by atoms with Gasteiger partial charge >= 0.3 is 0 Å². The number of rotatable bonds is 4. The van der Waals surface area contributed by atoms with Gasteiger partial charge in [-0.2, -0.15) is 0 Å². The molecule has 28 heavy (non-hydrogen) atoms. The molecule has 2 amide bonds. The van der Waals surface area contributed by atoms with E-state index in [0.29, 0.717) is 30.1 Å². The van der Waals surface area contributed by atoms with E-state index >= 15 is 0 Å². The molecule has 1 saturated heterocycles. The summed E-state index contributed by atoms with van der Waals surface area (Å²) in [6.07, 6.45) is 2.06. The maximum Gasteiger partial charge on any atom is 0.255 e. The van der Waals surface area contributed by atoms with Crippen LogP contribution in [0.4, 0.5) is 5.69 Å². The van der Waals surface area contributed by atoms with Gasteiger partial charge in [-0.25, -0.2) is 0 Å². The van der Waals surface area contributed by atoms with Crippen LogP contribution in [0.25, 0.3) is 0 Å². The molecule has 0 spiro atoms. The maximum absolute atomic E-state index is 12.8. The number of hydrogen-bond acceptors (Lipinski definition) is 5. The van der Waals surface area contributed by atoms with Gasteiger partial charge in [-0.05, 0) is 55.5 Å². The number of benzene rings is 1. The first-order valence-corrected chi connectivity index (χ1v) is 10.3. The molecule has 0 aliphatic carbocycles. The number of hydrogen-bond donors (Lipinski definition) is 1. The van der Waals surface area contributed by atoms with Crippen LogP contribution in [0.3, 0.4) is 0 Å². The summed E-state index contributed by atoms with van der Waals surface area (Å²) < 4.78 is 5.43. The predicted molar refractivity (Wildman–Crippen MR) is 107 cm³/mol. The second-order valence-corrected chi connectivity index (χ2v) is 8.12. The molecule has 4 rings (SSSR count). The van der Waals surface area contributed by atoms with Gasteiger partial charge < -0.3 is 15.0 Å². The highest BCUT2D eigenvalue weighted by molar-refractivity contribution is 7.12. The molecule has 1 unspecified atom stereocenters. The Bertz CT molecular complexity index is 930. The Labute approximate surface area is 167 Å². The van der Waals surface area contributed by atoms with Crippen molar-refractivity contribution in [3.8, 4) is 0 Å². The van der Waals surface area contributed by atoms with Gasteiger partial charge in [0.05, 0.1) is 10.4 Å². The summed E-state index contributed by atoms with van der Waals surface area (Å²) in [7, 11) is 0. The van der Waals surface area contributed by atoms with Gasteiger partial charge in [-0.1, -0.05) is 6.07 Å². The van der Waals surface area contributed by atoms with Crippen molar-refractivity contribution in [2.24, 2.45) is 0 Å². The number of Topliss-reactive ketones (excluding diaryl/α,β-unsaturated/α-hetero) is 1. The van der Waals surface area contributed by atoms with E-state index in [2.05, 4.69) is 5.32 Å². The van der Waals surface area contributed by atoms with Crippen LogP contribution in [0.15, 0.2) is 29.6 Å². The fourth-order valence-electron chi connectivity index (χ4n) is 3.63. The van der Waals surface area contributed by atoms with Crippen LogP contribution in [-0.4, -0.2) is 41.8 Å². The molecule has 1 atom stereocenters. The van der Waals surface area contributed by atoms with Gasteiger partial charge in [0.1, 0.15) is 6.10 Å². The summed E-state index contributed by atoms with van der Waals surface area (Å²) >= 11 is 1.30. The van der Waals surface area contributed by atoms with Crippen molar-refractivity contribution in [3.63, 3.8) is 0 Å². The number of fused-ring (bicyclic) bond motifs is 1. The lowest BCUT2D eigenvalue weighted by Crippen LogP contribution is -2.36. The van der Waals surface area contributed by atoms with Crippen molar-refractivity contribution in [1.29, 1.82) is 0 Å². The van der Waals surface area contributed by atoms with Crippen LogP contribution in [0, 0.1) is 0 Å². The lowest BCUT2D eigenvalue weighted by Gasteiger charge is -2.29. The highest BCUT2D eigenvalue weighted by Gasteiger charge is 2.25. The number of ether oxygens (including phenoxy) is 1. The van der Waals surface area contributed by atoms with Crippen LogP contribution in [-0.2, 0) is 22.5 Å². The Morgan fingerprint density at radius 1 is 1.21 bits per heavy atom. The molecule has 0 radical (unpaired) electrons. The molecule has 2 aromatic rings. The van der Waals surface area contributed by atoms with E-state index in [4.69, 9.17) is 4.74 Å². The third-order valence-corrected chi connectivity index (χ3v) is 6.22. The smallest absolute Gasteiger partial charge is 0.255 e. The molecule has 6 nitrogen and oxygen atoms in total. The zero-order valence-corrected chi connectivity index (χ0v) is 16.5. The first kappa shape index (κ1) is 18.8. The van der Waals surface area contributed by atoms with Crippen molar-refractivity contribution in [3.05, 3.63) is 51.2 Å². The average molecular weight is 398 g/mol. The Morgan fingerprint density at radius 3 is 2.79 bits per heavy atom. The standard InChI is InChI=1S/C21H22N2O4S/c1-13(24)19-10-16(12-28-19)21(26)23-7-6-14-4-5-17(9-15(14)11-23)22-20(25)18-3-2-8-27-18/h4-5,9-10,12,18H,2-3,6-8,11H2,1H3,(H,22,25). The molecular formula is C21H22N2O4S. The van der Waals surface area contributed by atoms with Gasteiger partial charge in [0.25, 0.3) is 11.8 Å². The second kappa shape index (κ2) is 7.85. The number of ketones is 1. The van der Waals surface area contributed by atoms with E-state index in [1.165, 1.54) is 23.8 Å². The minimum atomic E-state index is -0.372. The molecule has 1 aromatic heterocycles. The van der Waals surface area contributed by atoms with Crippen molar-refractivity contribution < 1.29 is 19.1 Å². The van der Waals surface area contributed by atoms with Crippen molar-refractivity contribution >= 4 is 34.6 Å². The second-order valence-electron chi connectivity index (χ2n) is 7.21. The number of nitrogens with zero attached hydrogens (tertiary/aromatic N) is 1. The van der Waals surface area contributed by atoms with Crippen molar-refractivity contribution in [2.45, 2.75) is 38.8 Å². The SMILES string of the molecule is CC(=O)c1cc(C(=O)N2CCc3ccc(NC(=O)C4CCCO4)cc3C2)cs1. The monoisotopic (exact) mass is 398 g/mol. The van der Waals surface area contributed by atoms with Gasteiger partial charge in [-0.3, -0.25) is 14.4 Å². The normalized spacial score (nSPS) is 18.6. The number of nitrogens with one attached hydrogen (secondary N) is 1. The molecule has 1 N–H and O–H groups in total. The van der Waals surface area contributed by atoms with Gasteiger partial charge in [0.15, 0.2) is 5.78 Å². The van der Waals surface area contributed by atoms with Crippen LogP contribution in [0.5, 0.6) is 0 Å². The quantitative estimate of drug-likeness (QED) is 0.802. The largest absolute Gasteiger partial charge is 0.368 e. The summed E-state index contributed by atoms with van der Waals surface area (Å²) in [6, 6.07) is 7.53. The Hall–Kier alpha value is -2.51. The van der Waals surface area contributed by atoms with Crippen molar-refractivity contribution in [2.75, 3.05) is 18.5 Å². The van der Waals surface area contributed by atoms with E-state index in [0.717, 1.165) is 30.5 Å². The van der Waals surface area contributed by atoms with E-state index in [9.17, 15) is 14.4 Å². The molecule has 1 fully saturated rings. The number of anilines is 1. The Morgan fingerprint density at radius 2 is 2.07 bits per heavy atom. The summed E-state index contributed by atoms with van der Waals surface area (Å²) in [5, 5.41) is 4.67. The summed E-state index contributed by atoms with van der Waals surface area (Å²) in [5.41, 5.74) is 3.50. The topological polar surface area (TPSA) is 75.7 Å². The third-order valence-electron chi connectivity index (χ3n) is 5.19. The molecular weight excluding hydrogens is 376 g/mol. The molecule has 7 heteroatoms. The molecule has 146 valence electrons. The minimum absolute atomic E-state index is 0.0281. The minimum Gasteiger partial charge on any atom is -0.368 e. The summed E-state index contributed by atoms with van der Waals surface area (Å²) in [5.74, 6) is -0.209. The molecule has 0 bridgehead atoms. The highest BCUT2D eigenvalue weighted by Crippen LogP contribution is 2.26. The zero-order chi connectivity index (χ0) is 19.7. The fraction of sp³-hybridized carbons (Fsp3) is 0.381. The lowest BCUT2D eigenvalue weighted by molar-refractivity contribution is -0.124.